The van der Waals surface area contributed by atoms with Crippen molar-refractivity contribution in [3.05, 3.63) is 34.9 Å². The molecule has 1 aliphatic heterocycles. The van der Waals surface area contributed by atoms with Gasteiger partial charge in [-0.3, -0.25) is 4.90 Å². The first-order valence-corrected chi connectivity index (χ1v) is 7.76. The maximum Gasteiger partial charge on any atom is 0.0702 e. The number of likely N-dealkylation sites (tertiary alicyclic amines) is 1. The minimum absolute atomic E-state index is 0.0923. The number of aryl methyl sites for hydroxylation is 2. The van der Waals surface area contributed by atoms with Gasteiger partial charge in [0.1, 0.15) is 0 Å². The van der Waals surface area contributed by atoms with E-state index >= 15 is 0 Å². The van der Waals surface area contributed by atoms with E-state index in [0.717, 1.165) is 26.2 Å². The summed E-state index contributed by atoms with van der Waals surface area (Å²) in [6.45, 7) is 10.3. The lowest BCUT2D eigenvalue weighted by atomic mass is 10.00. The van der Waals surface area contributed by atoms with Crippen LogP contribution in [-0.4, -0.2) is 37.2 Å². The molecule has 2 N–H and O–H groups in total. The average molecular weight is 276 g/mol. The van der Waals surface area contributed by atoms with Gasteiger partial charge in [0.15, 0.2) is 0 Å². The summed E-state index contributed by atoms with van der Waals surface area (Å²) < 4.78 is 5.75. The van der Waals surface area contributed by atoms with Gasteiger partial charge in [-0.05, 0) is 56.8 Å². The zero-order valence-electron chi connectivity index (χ0n) is 13.1. The van der Waals surface area contributed by atoms with Crippen LogP contribution >= 0.6 is 0 Å². The van der Waals surface area contributed by atoms with Crippen molar-refractivity contribution >= 4 is 0 Å². The fourth-order valence-corrected chi connectivity index (χ4v) is 2.93. The van der Waals surface area contributed by atoms with Crippen molar-refractivity contribution in [2.24, 2.45) is 5.73 Å². The molecule has 1 aromatic carbocycles. The van der Waals surface area contributed by atoms with E-state index in [9.17, 15) is 0 Å². The van der Waals surface area contributed by atoms with Crippen molar-refractivity contribution < 1.29 is 4.74 Å². The van der Waals surface area contributed by atoms with Gasteiger partial charge in [0.2, 0.25) is 0 Å². The maximum absolute atomic E-state index is 6.38. The molecule has 1 aromatic rings. The van der Waals surface area contributed by atoms with Crippen LogP contribution in [-0.2, 0) is 4.74 Å². The topological polar surface area (TPSA) is 38.5 Å². The Kier molecular flexibility index (Phi) is 5.58. The largest absolute Gasteiger partial charge is 0.377 e. The molecule has 0 spiro atoms. The molecule has 3 heteroatoms. The van der Waals surface area contributed by atoms with Crippen LogP contribution in [0.25, 0.3) is 0 Å². The number of ether oxygens (including phenoxy) is 1. The van der Waals surface area contributed by atoms with Gasteiger partial charge in [-0.15, -0.1) is 0 Å². The predicted molar refractivity (Wildman–Crippen MR) is 83.9 cm³/mol. The molecule has 0 amide bonds. The maximum atomic E-state index is 6.38. The van der Waals surface area contributed by atoms with Gasteiger partial charge in [0, 0.05) is 25.7 Å². The molecule has 1 heterocycles. The summed E-state index contributed by atoms with van der Waals surface area (Å²) in [7, 11) is 0. The van der Waals surface area contributed by atoms with Crippen LogP contribution in [0.1, 0.15) is 42.5 Å². The normalized spacial score (nSPS) is 21.9. The first-order chi connectivity index (χ1) is 9.60. The van der Waals surface area contributed by atoms with Gasteiger partial charge in [-0.2, -0.15) is 0 Å². The van der Waals surface area contributed by atoms with Gasteiger partial charge < -0.3 is 10.5 Å². The van der Waals surface area contributed by atoms with Crippen LogP contribution < -0.4 is 5.73 Å². The second-order valence-electron chi connectivity index (χ2n) is 5.93. The lowest BCUT2D eigenvalue weighted by Gasteiger charge is -2.34. The lowest BCUT2D eigenvalue weighted by molar-refractivity contribution is 0.00449. The van der Waals surface area contributed by atoms with E-state index in [1.807, 2.05) is 0 Å². The van der Waals surface area contributed by atoms with Crippen LogP contribution in [0.15, 0.2) is 18.2 Å². The molecule has 1 fully saturated rings. The van der Waals surface area contributed by atoms with Crippen molar-refractivity contribution in [2.45, 2.75) is 45.8 Å². The van der Waals surface area contributed by atoms with Crippen molar-refractivity contribution in [3.8, 4) is 0 Å². The van der Waals surface area contributed by atoms with E-state index in [0.29, 0.717) is 6.10 Å². The van der Waals surface area contributed by atoms with E-state index in [4.69, 9.17) is 10.5 Å². The molecule has 2 atom stereocenters. The van der Waals surface area contributed by atoms with E-state index in [-0.39, 0.29) is 6.04 Å². The Morgan fingerprint density at radius 2 is 2.15 bits per heavy atom. The summed E-state index contributed by atoms with van der Waals surface area (Å²) in [6.07, 6.45) is 2.79. The second kappa shape index (κ2) is 7.21. The van der Waals surface area contributed by atoms with Crippen molar-refractivity contribution in [1.82, 2.24) is 4.90 Å². The highest BCUT2D eigenvalue weighted by Gasteiger charge is 2.21. The first kappa shape index (κ1) is 15.5. The Balaban J connectivity index is 1.93. The highest BCUT2D eigenvalue weighted by atomic mass is 16.5. The smallest absolute Gasteiger partial charge is 0.0702 e. The molecule has 0 bridgehead atoms. The highest BCUT2D eigenvalue weighted by molar-refractivity contribution is 5.31. The first-order valence-electron chi connectivity index (χ1n) is 7.76. The van der Waals surface area contributed by atoms with Gasteiger partial charge >= 0.3 is 0 Å². The van der Waals surface area contributed by atoms with Crippen LogP contribution in [0.3, 0.4) is 0 Å². The SMILES string of the molecule is CCOC1CCCN(CC(N)c2ccc(C)c(C)c2)C1. The fourth-order valence-electron chi connectivity index (χ4n) is 2.93. The summed E-state index contributed by atoms with van der Waals surface area (Å²) in [5, 5.41) is 0. The third-order valence-corrected chi connectivity index (χ3v) is 4.28. The Morgan fingerprint density at radius 3 is 2.85 bits per heavy atom. The van der Waals surface area contributed by atoms with Gasteiger partial charge in [-0.1, -0.05) is 18.2 Å². The lowest BCUT2D eigenvalue weighted by Crippen LogP contribution is -2.42. The summed E-state index contributed by atoms with van der Waals surface area (Å²) >= 11 is 0. The predicted octanol–water partition coefficient (Wildman–Crippen LogP) is 2.80. The Bertz CT molecular complexity index is 431. The summed E-state index contributed by atoms with van der Waals surface area (Å²) in [5.41, 5.74) is 10.3. The van der Waals surface area contributed by atoms with Gasteiger partial charge in [0.05, 0.1) is 6.10 Å². The summed E-state index contributed by atoms with van der Waals surface area (Å²) in [6, 6.07) is 6.65. The van der Waals surface area contributed by atoms with Gasteiger partial charge in [-0.25, -0.2) is 0 Å². The Hall–Kier alpha value is -0.900. The average Bonchev–Trinajstić information content (AvgIpc) is 2.42. The molecule has 20 heavy (non-hydrogen) atoms. The molecule has 3 nitrogen and oxygen atoms in total. The number of nitrogens with two attached hydrogens (primary N) is 1. The van der Waals surface area contributed by atoms with Crippen LogP contribution in [0.2, 0.25) is 0 Å². The van der Waals surface area contributed by atoms with Crippen molar-refractivity contribution in [2.75, 3.05) is 26.2 Å². The summed E-state index contributed by atoms with van der Waals surface area (Å²) in [4.78, 5) is 2.45. The van der Waals surface area contributed by atoms with Crippen LogP contribution in [0.4, 0.5) is 0 Å². The zero-order valence-corrected chi connectivity index (χ0v) is 13.1. The number of piperidine rings is 1. The minimum atomic E-state index is 0.0923. The zero-order chi connectivity index (χ0) is 14.5. The molecule has 0 aliphatic carbocycles. The molecular weight excluding hydrogens is 248 g/mol. The molecule has 0 aromatic heterocycles. The Morgan fingerprint density at radius 1 is 1.35 bits per heavy atom. The second-order valence-corrected chi connectivity index (χ2v) is 5.93. The molecular formula is C17H28N2O. The third-order valence-electron chi connectivity index (χ3n) is 4.28. The van der Waals surface area contributed by atoms with Crippen LogP contribution in [0.5, 0.6) is 0 Å². The molecule has 1 saturated heterocycles. The highest BCUT2D eigenvalue weighted by Crippen LogP contribution is 2.19. The fraction of sp³-hybridized carbons (Fsp3) is 0.647. The number of rotatable bonds is 5. The van der Waals surface area contributed by atoms with E-state index in [2.05, 4.69) is 43.9 Å². The van der Waals surface area contributed by atoms with E-state index in [1.165, 1.54) is 29.5 Å². The quantitative estimate of drug-likeness (QED) is 0.898. The monoisotopic (exact) mass is 276 g/mol. The molecule has 112 valence electrons. The molecule has 1 aliphatic rings. The number of hydrogen-bond donors (Lipinski definition) is 1. The van der Waals surface area contributed by atoms with E-state index < -0.39 is 0 Å². The number of nitrogens with zero attached hydrogens (tertiary/aromatic N) is 1. The number of benzene rings is 1. The third kappa shape index (κ3) is 4.05. The molecule has 0 radical (unpaired) electrons. The Labute approximate surface area is 123 Å². The molecule has 2 rings (SSSR count). The minimum Gasteiger partial charge on any atom is -0.377 e. The summed E-state index contributed by atoms with van der Waals surface area (Å²) in [5.74, 6) is 0. The molecule has 0 saturated carbocycles. The van der Waals surface area contributed by atoms with Crippen molar-refractivity contribution in [3.63, 3.8) is 0 Å². The van der Waals surface area contributed by atoms with E-state index in [1.54, 1.807) is 0 Å². The standard InChI is InChI=1S/C17H28N2O/c1-4-20-16-6-5-9-19(11-16)12-17(18)15-8-7-13(2)14(3)10-15/h7-8,10,16-17H,4-6,9,11-12,18H2,1-3H3. The molecule has 2 unspecified atom stereocenters. The number of hydrogen-bond acceptors (Lipinski definition) is 3. The van der Waals surface area contributed by atoms with Gasteiger partial charge in [0.25, 0.3) is 0 Å². The van der Waals surface area contributed by atoms with Crippen LogP contribution in [0, 0.1) is 13.8 Å². The van der Waals surface area contributed by atoms with Crippen molar-refractivity contribution in [1.29, 1.82) is 0 Å².